The van der Waals surface area contributed by atoms with E-state index in [4.69, 9.17) is 13.3 Å². The molecule has 13 aromatic rings. The van der Waals surface area contributed by atoms with Crippen molar-refractivity contribution < 1.29 is 13.3 Å². The van der Waals surface area contributed by atoms with Crippen molar-refractivity contribution in [1.29, 1.82) is 0 Å². The third-order valence-corrected chi connectivity index (χ3v) is 14.8. The van der Waals surface area contributed by atoms with Gasteiger partial charge in [-0.05, 0) is 166 Å². The average Bonchev–Trinajstić information content (AvgIpc) is 4.14. The van der Waals surface area contributed by atoms with Crippen LogP contribution in [0.25, 0.3) is 87.7 Å². The lowest BCUT2D eigenvalue weighted by Gasteiger charge is -2.26. The number of fused-ring (bicyclic) bond motifs is 13. The first-order valence-electron chi connectivity index (χ1n) is 24.5. The predicted octanol–water partition coefficient (Wildman–Crippen LogP) is 19.3. The molecule has 0 fully saturated rings. The summed E-state index contributed by atoms with van der Waals surface area (Å²) in [6.45, 7) is 8.95. The van der Waals surface area contributed by atoms with Gasteiger partial charge in [-0.15, -0.1) is 0 Å². The molecule has 70 heavy (non-hydrogen) atoms. The fraction of sp³-hybridized carbons (Fsp3) is 0.108. The van der Waals surface area contributed by atoms with E-state index in [1.807, 2.05) is 12.1 Å². The molecule has 0 radical (unpaired) electrons. The molecule has 0 N–H and O–H groups in total. The van der Waals surface area contributed by atoms with Crippen molar-refractivity contribution in [3.05, 3.63) is 216 Å². The normalized spacial score (nSPS) is 12.5. The lowest BCUT2D eigenvalue weighted by molar-refractivity contribution is 0.668. The predicted molar refractivity (Wildman–Crippen MR) is 292 cm³/mol. The summed E-state index contributed by atoms with van der Waals surface area (Å²) in [6, 6.07) is 70.4. The third kappa shape index (κ3) is 6.45. The van der Waals surface area contributed by atoms with Crippen LogP contribution in [-0.4, -0.2) is 0 Å². The molecule has 0 amide bonds. The van der Waals surface area contributed by atoms with Crippen LogP contribution in [0.15, 0.2) is 207 Å². The van der Waals surface area contributed by atoms with Crippen LogP contribution in [0, 0.1) is 0 Å². The lowest BCUT2D eigenvalue weighted by Crippen LogP contribution is -2.10. The third-order valence-electron chi connectivity index (χ3n) is 14.8. The number of anilines is 6. The van der Waals surface area contributed by atoms with E-state index in [9.17, 15) is 0 Å². The molecule has 3 aromatic heterocycles. The molecular formula is C65H48N2O3. The van der Waals surface area contributed by atoms with Gasteiger partial charge in [-0.2, -0.15) is 0 Å². The highest BCUT2D eigenvalue weighted by Gasteiger charge is 2.23. The Hall–Kier alpha value is -8.54. The zero-order chi connectivity index (χ0) is 46.8. The quantitative estimate of drug-likeness (QED) is 0.152. The summed E-state index contributed by atoms with van der Waals surface area (Å²) >= 11 is 0. The minimum Gasteiger partial charge on any atom is -0.456 e. The smallest absolute Gasteiger partial charge is 0.137 e. The second kappa shape index (κ2) is 15.5. The molecule has 0 bridgehead atoms. The van der Waals surface area contributed by atoms with E-state index in [1.165, 1.54) is 33.4 Å². The molecule has 1 aliphatic carbocycles. The molecule has 0 atom stereocenters. The second-order valence-corrected chi connectivity index (χ2v) is 19.7. The maximum atomic E-state index is 6.80. The second-order valence-electron chi connectivity index (χ2n) is 19.7. The van der Waals surface area contributed by atoms with E-state index < -0.39 is 0 Å². The molecule has 336 valence electrons. The van der Waals surface area contributed by atoms with Gasteiger partial charge in [0.1, 0.15) is 33.5 Å². The molecule has 0 aliphatic heterocycles. The van der Waals surface area contributed by atoms with Crippen LogP contribution < -0.4 is 9.80 Å². The number of hydrogen-bond acceptors (Lipinski definition) is 5. The summed E-state index contributed by atoms with van der Waals surface area (Å²) < 4.78 is 20.0. The number of rotatable bonds is 8. The van der Waals surface area contributed by atoms with Gasteiger partial charge in [-0.25, -0.2) is 0 Å². The number of para-hydroxylation sites is 1. The first-order valence-corrected chi connectivity index (χ1v) is 24.5. The largest absolute Gasteiger partial charge is 0.456 e. The minimum atomic E-state index is 0.433. The zero-order valence-electron chi connectivity index (χ0n) is 39.5. The van der Waals surface area contributed by atoms with Gasteiger partial charge < -0.3 is 23.1 Å². The molecule has 0 saturated heterocycles. The van der Waals surface area contributed by atoms with Crippen molar-refractivity contribution >= 4 is 111 Å². The minimum absolute atomic E-state index is 0.433. The first kappa shape index (κ1) is 40.5. The van der Waals surface area contributed by atoms with Gasteiger partial charge in [-0.3, -0.25) is 0 Å². The fourth-order valence-corrected chi connectivity index (χ4v) is 11.1. The van der Waals surface area contributed by atoms with Gasteiger partial charge in [-0.1, -0.05) is 100 Å². The van der Waals surface area contributed by atoms with E-state index >= 15 is 0 Å². The van der Waals surface area contributed by atoms with Crippen LogP contribution in [0.2, 0.25) is 0 Å². The van der Waals surface area contributed by atoms with Crippen molar-refractivity contribution in [3.8, 4) is 11.1 Å². The summed E-state index contributed by atoms with van der Waals surface area (Å²) in [7, 11) is 0. The van der Waals surface area contributed by atoms with Crippen molar-refractivity contribution in [2.75, 3.05) is 9.80 Å². The van der Waals surface area contributed by atoms with E-state index in [0.29, 0.717) is 11.8 Å². The van der Waals surface area contributed by atoms with E-state index in [2.05, 4.69) is 219 Å². The monoisotopic (exact) mass is 904 g/mol. The molecule has 0 unspecified atom stereocenters. The Kier molecular flexibility index (Phi) is 8.97. The van der Waals surface area contributed by atoms with E-state index in [-0.39, 0.29) is 0 Å². The van der Waals surface area contributed by atoms with Gasteiger partial charge in [0.25, 0.3) is 0 Å². The Morgan fingerprint density at radius 1 is 0.314 bits per heavy atom. The Balaban J connectivity index is 0.849. The Morgan fingerprint density at radius 2 is 0.714 bits per heavy atom. The standard InChI is InChI=1S/C65H48N2O3/c1-38(2)40-13-17-46(18-14-40)66(48-21-25-53-45(30-48)29-42-9-5-6-10-52(42)53)49-23-27-56-58-31-43-34-62-59(32-44(43)33-61(58)69-64(56)36-49)57-28-24-51(37-65(57)70-62)67(47-19-15-41(16-20-47)39(3)4)50-22-26-55-54-11-7-8-12-60(54)68-63(55)35-50/h5-28,30-39H,29H2,1-4H3. The van der Waals surface area contributed by atoms with Gasteiger partial charge in [0.05, 0.1) is 0 Å². The number of nitrogens with zero attached hydrogens (tertiary/aromatic N) is 2. The number of benzene rings is 10. The van der Waals surface area contributed by atoms with Crippen molar-refractivity contribution in [2.24, 2.45) is 0 Å². The highest BCUT2D eigenvalue weighted by Crippen LogP contribution is 2.46. The SMILES string of the molecule is CC(C)c1ccc(N(c2ccc3c(c2)Cc2ccccc2-3)c2ccc3c(c2)oc2cc4cc5c(cc4cc23)oc2cc(N(c3ccc(C(C)C)cc3)c3ccc4c(c3)oc3ccccc34)ccc25)cc1. The van der Waals surface area contributed by atoms with Crippen molar-refractivity contribution in [1.82, 2.24) is 0 Å². The lowest BCUT2D eigenvalue weighted by atomic mass is 10.0. The van der Waals surface area contributed by atoms with E-state index in [1.54, 1.807) is 0 Å². The zero-order valence-corrected chi connectivity index (χ0v) is 39.5. The molecule has 0 saturated carbocycles. The molecule has 5 heteroatoms. The Labute approximate surface area is 405 Å². The van der Waals surface area contributed by atoms with Crippen molar-refractivity contribution in [2.45, 2.75) is 46.0 Å². The molecular weight excluding hydrogens is 857 g/mol. The highest BCUT2D eigenvalue weighted by molar-refractivity contribution is 6.16. The summed E-state index contributed by atoms with van der Waals surface area (Å²) in [5.41, 5.74) is 19.5. The van der Waals surface area contributed by atoms with Crippen LogP contribution in [0.4, 0.5) is 34.1 Å². The maximum absolute atomic E-state index is 6.80. The number of hydrogen-bond donors (Lipinski definition) is 0. The Bertz CT molecular complexity index is 4230. The molecule has 0 spiro atoms. The van der Waals surface area contributed by atoms with Gasteiger partial charge >= 0.3 is 0 Å². The molecule has 10 aromatic carbocycles. The summed E-state index contributed by atoms with van der Waals surface area (Å²) in [6.07, 6.45) is 0.936. The van der Waals surface area contributed by atoms with Gasteiger partial charge in [0.2, 0.25) is 0 Å². The molecule has 5 nitrogen and oxygen atoms in total. The summed E-state index contributed by atoms with van der Waals surface area (Å²) in [5, 5.41) is 8.71. The fourth-order valence-electron chi connectivity index (χ4n) is 11.1. The van der Waals surface area contributed by atoms with Gasteiger partial charge in [0, 0.05) is 84.6 Å². The average molecular weight is 905 g/mol. The topological polar surface area (TPSA) is 45.9 Å². The maximum Gasteiger partial charge on any atom is 0.137 e. The molecule has 14 rings (SSSR count). The Morgan fingerprint density at radius 3 is 1.26 bits per heavy atom. The highest BCUT2D eigenvalue weighted by atomic mass is 16.3. The van der Waals surface area contributed by atoms with Crippen LogP contribution in [0.3, 0.4) is 0 Å². The van der Waals surface area contributed by atoms with Crippen molar-refractivity contribution in [3.63, 3.8) is 0 Å². The van der Waals surface area contributed by atoms with E-state index in [0.717, 1.165) is 117 Å². The van der Waals surface area contributed by atoms with Crippen LogP contribution in [-0.2, 0) is 6.42 Å². The first-order chi connectivity index (χ1) is 34.3. The van der Waals surface area contributed by atoms with Crippen LogP contribution in [0.5, 0.6) is 0 Å². The molecule has 1 aliphatic rings. The molecule has 3 heterocycles. The number of furan rings is 3. The van der Waals surface area contributed by atoms with Crippen LogP contribution in [0.1, 0.15) is 61.8 Å². The van der Waals surface area contributed by atoms with Gasteiger partial charge in [0.15, 0.2) is 0 Å². The summed E-state index contributed by atoms with van der Waals surface area (Å²) in [4.78, 5) is 4.65. The van der Waals surface area contributed by atoms with Crippen LogP contribution >= 0.6 is 0 Å². The summed E-state index contributed by atoms with van der Waals surface area (Å²) in [5.74, 6) is 0.882.